The van der Waals surface area contributed by atoms with Crippen LogP contribution in [0.2, 0.25) is 0 Å². The molecule has 1 amide bonds. The molecule has 12 heteroatoms. The van der Waals surface area contributed by atoms with Crippen molar-refractivity contribution in [1.82, 2.24) is 14.6 Å². The number of unbranched alkanes of at least 4 members (excludes halogenated alkanes) is 1. The standard InChI is InChI=1S/C22H20F5N5O2/c1-3-4-7-34-21(33)31(2)32-18-6-5-12(22(25,26)27)8-16(18)29-20(32)30-17-11-28-19-14(17)9-13(23)10-15(19)24/h5-6,8-11,28H,3-4,7H2,1-2H3,(H,29,30). The number of nitrogens with zero attached hydrogens (tertiary/aromatic N) is 3. The highest BCUT2D eigenvalue weighted by Gasteiger charge is 2.32. The van der Waals surface area contributed by atoms with Crippen molar-refractivity contribution < 1.29 is 31.5 Å². The van der Waals surface area contributed by atoms with Crippen LogP contribution in [-0.2, 0) is 10.9 Å². The highest BCUT2D eigenvalue weighted by Crippen LogP contribution is 2.34. The number of carbonyl (C=O) groups excluding carboxylic acids is 1. The summed E-state index contributed by atoms with van der Waals surface area (Å²) >= 11 is 0. The number of halogens is 5. The smallest absolute Gasteiger partial charge is 0.428 e. The maximum atomic E-state index is 14.1. The quantitative estimate of drug-likeness (QED) is 0.259. The summed E-state index contributed by atoms with van der Waals surface area (Å²) in [6.07, 6.45) is -2.56. The topological polar surface area (TPSA) is 75.2 Å². The zero-order valence-corrected chi connectivity index (χ0v) is 18.1. The molecule has 7 nitrogen and oxygen atoms in total. The summed E-state index contributed by atoms with van der Waals surface area (Å²) in [6.45, 7) is 2.09. The van der Waals surface area contributed by atoms with E-state index in [4.69, 9.17) is 4.74 Å². The Morgan fingerprint density at radius 1 is 1.24 bits per heavy atom. The Morgan fingerprint density at radius 2 is 2.00 bits per heavy atom. The third kappa shape index (κ3) is 4.35. The van der Waals surface area contributed by atoms with Gasteiger partial charge in [-0.25, -0.2) is 28.2 Å². The van der Waals surface area contributed by atoms with Gasteiger partial charge < -0.3 is 15.0 Å². The molecule has 0 radical (unpaired) electrons. The van der Waals surface area contributed by atoms with Gasteiger partial charge in [-0.15, -0.1) is 0 Å². The van der Waals surface area contributed by atoms with Gasteiger partial charge in [0.15, 0.2) is 0 Å². The molecule has 4 aromatic rings. The molecule has 0 aliphatic heterocycles. The van der Waals surface area contributed by atoms with Crippen LogP contribution in [0.5, 0.6) is 0 Å². The van der Waals surface area contributed by atoms with Crippen LogP contribution in [0, 0.1) is 11.6 Å². The van der Waals surface area contributed by atoms with Crippen molar-refractivity contribution in [3.63, 3.8) is 0 Å². The zero-order valence-electron chi connectivity index (χ0n) is 18.1. The van der Waals surface area contributed by atoms with E-state index in [0.717, 1.165) is 35.7 Å². The maximum absolute atomic E-state index is 14.1. The minimum atomic E-state index is -4.59. The van der Waals surface area contributed by atoms with E-state index in [1.165, 1.54) is 24.0 Å². The molecule has 0 aliphatic carbocycles. The third-order valence-corrected chi connectivity index (χ3v) is 5.20. The summed E-state index contributed by atoms with van der Waals surface area (Å²) in [5.74, 6) is -1.69. The number of H-pyrrole nitrogens is 1. The minimum Gasteiger partial charge on any atom is -0.448 e. The Hall–Kier alpha value is -3.83. The van der Waals surface area contributed by atoms with Gasteiger partial charge in [0.05, 0.1) is 34.4 Å². The number of hydrogen-bond donors (Lipinski definition) is 2. The fraction of sp³-hybridized carbons (Fsp3) is 0.273. The molecule has 4 rings (SSSR count). The van der Waals surface area contributed by atoms with Crippen molar-refractivity contribution in [2.75, 3.05) is 24.0 Å². The molecule has 2 aromatic carbocycles. The number of amides is 1. The molecule has 0 unspecified atom stereocenters. The van der Waals surface area contributed by atoms with Crippen molar-refractivity contribution in [1.29, 1.82) is 0 Å². The number of aromatic nitrogens is 3. The summed E-state index contributed by atoms with van der Waals surface area (Å²) in [5, 5.41) is 4.06. The Morgan fingerprint density at radius 3 is 2.71 bits per heavy atom. The van der Waals surface area contributed by atoms with E-state index in [2.05, 4.69) is 15.3 Å². The maximum Gasteiger partial charge on any atom is 0.428 e. The largest absolute Gasteiger partial charge is 0.448 e. The zero-order chi connectivity index (χ0) is 24.6. The molecule has 0 saturated heterocycles. The lowest BCUT2D eigenvalue weighted by atomic mass is 10.2. The van der Waals surface area contributed by atoms with Crippen LogP contribution in [0.1, 0.15) is 25.3 Å². The van der Waals surface area contributed by atoms with Crippen LogP contribution in [0.4, 0.5) is 38.4 Å². The predicted molar refractivity (Wildman–Crippen MR) is 117 cm³/mol. The monoisotopic (exact) mass is 481 g/mol. The first-order chi connectivity index (χ1) is 16.1. The van der Waals surface area contributed by atoms with Gasteiger partial charge in [-0.3, -0.25) is 0 Å². The molecule has 2 N–H and O–H groups in total. The average molecular weight is 481 g/mol. The Labute approximate surface area is 190 Å². The average Bonchev–Trinajstić information content (AvgIpc) is 3.33. The number of nitrogens with one attached hydrogen (secondary N) is 2. The lowest BCUT2D eigenvalue weighted by molar-refractivity contribution is -0.137. The van der Waals surface area contributed by atoms with Gasteiger partial charge in [0, 0.05) is 24.7 Å². The molecule has 0 fully saturated rings. The second-order valence-corrected chi connectivity index (χ2v) is 7.58. The number of benzene rings is 2. The van der Waals surface area contributed by atoms with Crippen molar-refractivity contribution >= 4 is 39.7 Å². The van der Waals surface area contributed by atoms with Crippen molar-refractivity contribution in [2.24, 2.45) is 0 Å². The highest BCUT2D eigenvalue weighted by molar-refractivity contribution is 5.95. The number of aromatic amines is 1. The summed E-state index contributed by atoms with van der Waals surface area (Å²) in [6, 6.07) is 4.71. The van der Waals surface area contributed by atoms with Gasteiger partial charge in [-0.1, -0.05) is 13.3 Å². The van der Waals surface area contributed by atoms with Crippen LogP contribution in [0.3, 0.4) is 0 Å². The predicted octanol–water partition coefficient (Wildman–Crippen LogP) is 6.06. The first-order valence-corrected chi connectivity index (χ1v) is 10.3. The number of hydrogen-bond acceptors (Lipinski definition) is 4. The summed E-state index contributed by atoms with van der Waals surface area (Å²) in [4.78, 5) is 19.5. The summed E-state index contributed by atoms with van der Waals surface area (Å²) in [5.41, 5.74) is -0.557. The van der Waals surface area contributed by atoms with Crippen molar-refractivity contribution in [3.05, 3.63) is 53.7 Å². The van der Waals surface area contributed by atoms with Crippen LogP contribution in [0.15, 0.2) is 36.5 Å². The number of alkyl halides is 3. The van der Waals surface area contributed by atoms with Crippen LogP contribution >= 0.6 is 0 Å². The van der Waals surface area contributed by atoms with Crippen molar-refractivity contribution in [2.45, 2.75) is 25.9 Å². The molecule has 0 atom stereocenters. The highest BCUT2D eigenvalue weighted by atomic mass is 19.4. The second-order valence-electron chi connectivity index (χ2n) is 7.58. The number of ether oxygens (including phenoxy) is 1. The summed E-state index contributed by atoms with van der Waals surface area (Å²) < 4.78 is 74.0. The van der Waals surface area contributed by atoms with Crippen molar-refractivity contribution in [3.8, 4) is 0 Å². The van der Waals surface area contributed by atoms with Gasteiger partial charge in [-0.2, -0.15) is 13.2 Å². The molecular formula is C22H20F5N5O2. The lowest BCUT2D eigenvalue weighted by Gasteiger charge is -2.21. The molecule has 0 saturated carbocycles. The third-order valence-electron chi connectivity index (χ3n) is 5.20. The fourth-order valence-corrected chi connectivity index (χ4v) is 3.49. The van der Waals surface area contributed by atoms with E-state index in [9.17, 15) is 26.7 Å². The number of carbonyl (C=O) groups is 1. The Kier molecular flexibility index (Phi) is 6.07. The van der Waals surface area contributed by atoms with E-state index in [1.54, 1.807) is 0 Å². The Bertz CT molecular complexity index is 1360. The number of imidazole rings is 1. The molecule has 0 spiro atoms. The molecule has 2 heterocycles. The first-order valence-electron chi connectivity index (χ1n) is 10.3. The van der Waals surface area contributed by atoms with Crippen LogP contribution < -0.4 is 10.3 Å². The van der Waals surface area contributed by atoms with Gasteiger partial charge in [0.2, 0.25) is 5.95 Å². The van der Waals surface area contributed by atoms with Crippen LogP contribution in [-0.4, -0.2) is 34.4 Å². The summed E-state index contributed by atoms with van der Waals surface area (Å²) in [7, 11) is 1.37. The second kappa shape index (κ2) is 8.84. The van der Waals surface area contributed by atoms with Gasteiger partial charge >= 0.3 is 12.3 Å². The van der Waals surface area contributed by atoms with Gasteiger partial charge in [0.1, 0.15) is 11.6 Å². The van der Waals surface area contributed by atoms with E-state index in [1.807, 2.05) is 6.92 Å². The van der Waals surface area contributed by atoms with E-state index in [-0.39, 0.29) is 40.2 Å². The van der Waals surface area contributed by atoms with Crippen LogP contribution in [0.25, 0.3) is 21.9 Å². The lowest BCUT2D eigenvalue weighted by Crippen LogP contribution is -2.37. The first kappa shape index (κ1) is 23.3. The molecule has 34 heavy (non-hydrogen) atoms. The Balaban J connectivity index is 1.81. The van der Waals surface area contributed by atoms with E-state index >= 15 is 0 Å². The molecule has 2 aromatic heterocycles. The van der Waals surface area contributed by atoms with Gasteiger partial charge in [0.25, 0.3) is 0 Å². The normalized spacial score (nSPS) is 11.9. The van der Waals surface area contributed by atoms with E-state index in [0.29, 0.717) is 6.42 Å². The fourth-order valence-electron chi connectivity index (χ4n) is 3.49. The molecule has 180 valence electrons. The number of fused-ring (bicyclic) bond motifs is 2. The molecular weight excluding hydrogens is 461 g/mol. The van der Waals surface area contributed by atoms with Gasteiger partial charge in [-0.05, 0) is 30.7 Å². The molecule has 0 bridgehead atoms. The minimum absolute atomic E-state index is 0.0262. The number of rotatable bonds is 6. The SMILES string of the molecule is CCCCOC(=O)N(C)n1c(Nc2c[nH]c3c(F)cc(F)cc23)nc2cc(C(F)(F)F)ccc21. The van der Waals surface area contributed by atoms with E-state index < -0.39 is 29.5 Å². The number of anilines is 2. The molecule has 0 aliphatic rings.